The Morgan fingerprint density at radius 1 is 0.556 bits per heavy atom. The fraction of sp³-hybridized carbons (Fsp3) is 0.163. The minimum absolute atomic E-state index is 0.196. The Morgan fingerprint density at radius 3 is 2.13 bits per heavy atom. The SMILES string of the molecule is c1ccc(-c2ccc3c4c2-n2c5ccccc5c5ccc6c(c52)C4(c2cccc4c5ccccc5n-6c24)C2CCCC2C3)cc1. The Labute approximate surface area is 261 Å². The van der Waals surface area contributed by atoms with Gasteiger partial charge in [-0.05, 0) is 71.6 Å². The molecule has 2 aromatic heterocycles. The van der Waals surface area contributed by atoms with Gasteiger partial charge in [-0.3, -0.25) is 0 Å². The molecule has 1 fully saturated rings. The van der Waals surface area contributed by atoms with Crippen LogP contribution in [0.1, 0.15) is 41.5 Å². The number of benzene rings is 6. The van der Waals surface area contributed by atoms with Crippen LogP contribution in [0.2, 0.25) is 0 Å². The topological polar surface area (TPSA) is 9.86 Å². The van der Waals surface area contributed by atoms with Gasteiger partial charge in [0.15, 0.2) is 0 Å². The van der Waals surface area contributed by atoms with Gasteiger partial charge in [0.25, 0.3) is 0 Å². The summed E-state index contributed by atoms with van der Waals surface area (Å²) in [4.78, 5) is 0. The second-order valence-electron chi connectivity index (χ2n) is 13.9. The monoisotopic (exact) mass is 574 g/mol. The Balaban J connectivity index is 1.42. The normalized spacial score (nSPS) is 22.0. The zero-order chi connectivity index (χ0) is 29.0. The molecule has 45 heavy (non-hydrogen) atoms. The van der Waals surface area contributed by atoms with Crippen molar-refractivity contribution in [3.05, 3.63) is 144 Å². The van der Waals surface area contributed by atoms with Crippen molar-refractivity contribution >= 4 is 43.6 Å². The zero-order valence-electron chi connectivity index (χ0n) is 24.9. The van der Waals surface area contributed by atoms with Gasteiger partial charge in [-0.1, -0.05) is 110 Å². The fourth-order valence-electron chi connectivity index (χ4n) is 10.9. The smallest absolute Gasteiger partial charge is 0.0607 e. The second kappa shape index (κ2) is 7.76. The van der Waals surface area contributed by atoms with E-state index in [1.165, 1.54) is 97.4 Å². The first-order valence-corrected chi connectivity index (χ1v) is 16.7. The predicted octanol–water partition coefficient (Wildman–Crippen LogP) is 10.5. The van der Waals surface area contributed by atoms with Gasteiger partial charge in [0, 0.05) is 32.7 Å². The molecule has 2 nitrogen and oxygen atoms in total. The number of rotatable bonds is 1. The standard InChI is InChI=1S/C43H30N2/c1-2-10-25(11-3-1)28-21-20-27-24-26-12-8-16-33(26)43-34-17-9-15-31-29-13-4-6-18-35(29)44(40(31)34)37-23-22-32-30-14-5-7-19-36(30)45(41(28)38(27)43)42(32)39(37)43/h1-7,9-11,13-15,17-23,26,33H,8,12,16,24H2. The Kier molecular flexibility index (Phi) is 4.02. The molecular weight excluding hydrogens is 544 g/mol. The third-order valence-electron chi connectivity index (χ3n) is 12.2. The molecule has 12 rings (SSSR count). The lowest BCUT2D eigenvalue weighted by atomic mass is 9.51. The van der Waals surface area contributed by atoms with Crippen molar-refractivity contribution in [3.8, 4) is 22.5 Å². The summed E-state index contributed by atoms with van der Waals surface area (Å²) in [5, 5.41) is 5.47. The number of nitrogens with zero attached hydrogens (tertiary/aromatic N) is 2. The van der Waals surface area contributed by atoms with Gasteiger partial charge in [0.1, 0.15) is 0 Å². The maximum atomic E-state index is 2.69. The molecule has 2 aliphatic heterocycles. The summed E-state index contributed by atoms with van der Waals surface area (Å²) in [6.07, 6.45) is 5.11. The molecule has 0 saturated heterocycles. The van der Waals surface area contributed by atoms with E-state index in [2.05, 4.69) is 130 Å². The summed E-state index contributed by atoms with van der Waals surface area (Å²) in [5.74, 6) is 1.27. The number of para-hydroxylation sites is 3. The Bertz CT molecular complexity index is 2620. The van der Waals surface area contributed by atoms with Crippen molar-refractivity contribution in [2.24, 2.45) is 11.8 Å². The van der Waals surface area contributed by atoms with Gasteiger partial charge in [0.2, 0.25) is 0 Å². The van der Waals surface area contributed by atoms with Gasteiger partial charge >= 0.3 is 0 Å². The third-order valence-corrected chi connectivity index (χ3v) is 12.2. The van der Waals surface area contributed by atoms with Crippen molar-refractivity contribution in [2.75, 3.05) is 0 Å². The molecule has 8 aromatic rings. The highest BCUT2D eigenvalue weighted by molar-refractivity contribution is 6.17. The van der Waals surface area contributed by atoms with Crippen LogP contribution < -0.4 is 0 Å². The molecule has 1 saturated carbocycles. The summed E-state index contributed by atoms with van der Waals surface area (Å²) in [7, 11) is 0. The molecule has 2 aliphatic carbocycles. The molecule has 2 heteroatoms. The van der Waals surface area contributed by atoms with E-state index in [1.807, 2.05) is 0 Å². The summed E-state index contributed by atoms with van der Waals surface area (Å²) in [6.45, 7) is 0. The second-order valence-corrected chi connectivity index (χ2v) is 13.9. The molecule has 1 spiro atoms. The van der Waals surface area contributed by atoms with E-state index in [0.29, 0.717) is 11.8 Å². The minimum atomic E-state index is -0.196. The molecule has 4 aliphatic rings. The van der Waals surface area contributed by atoms with Crippen LogP contribution >= 0.6 is 0 Å². The minimum Gasteiger partial charge on any atom is -0.309 e. The highest BCUT2D eigenvalue weighted by Crippen LogP contribution is 2.67. The van der Waals surface area contributed by atoms with Crippen molar-refractivity contribution in [3.63, 3.8) is 0 Å². The van der Waals surface area contributed by atoms with Gasteiger partial charge in [-0.2, -0.15) is 0 Å². The van der Waals surface area contributed by atoms with E-state index >= 15 is 0 Å². The molecular formula is C43H30N2. The summed E-state index contributed by atoms with van der Waals surface area (Å²) >= 11 is 0. The van der Waals surface area contributed by atoms with Crippen molar-refractivity contribution < 1.29 is 0 Å². The van der Waals surface area contributed by atoms with E-state index in [1.54, 1.807) is 16.7 Å². The van der Waals surface area contributed by atoms with Crippen LogP contribution in [0.5, 0.6) is 0 Å². The molecule has 3 atom stereocenters. The van der Waals surface area contributed by atoms with Crippen LogP contribution in [0.25, 0.3) is 66.1 Å². The number of fused-ring (bicyclic) bond motifs is 9. The van der Waals surface area contributed by atoms with Crippen molar-refractivity contribution in [1.82, 2.24) is 9.13 Å². The average Bonchev–Trinajstić information content (AvgIpc) is 3.80. The van der Waals surface area contributed by atoms with Gasteiger partial charge in [-0.25, -0.2) is 0 Å². The van der Waals surface area contributed by atoms with E-state index in [0.717, 1.165) is 0 Å². The molecule has 6 aromatic carbocycles. The van der Waals surface area contributed by atoms with Gasteiger partial charge < -0.3 is 9.13 Å². The fourth-order valence-corrected chi connectivity index (χ4v) is 10.9. The van der Waals surface area contributed by atoms with E-state index in [-0.39, 0.29) is 5.41 Å². The maximum absolute atomic E-state index is 2.69. The van der Waals surface area contributed by atoms with E-state index in [4.69, 9.17) is 0 Å². The van der Waals surface area contributed by atoms with Crippen molar-refractivity contribution in [2.45, 2.75) is 31.1 Å². The van der Waals surface area contributed by atoms with Crippen LogP contribution in [-0.2, 0) is 11.8 Å². The Morgan fingerprint density at radius 2 is 1.29 bits per heavy atom. The molecule has 0 bridgehead atoms. The van der Waals surface area contributed by atoms with Gasteiger partial charge in [0.05, 0.1) is 38.9 Å². The molecule has 212 valence electrons. The number of hydrogen-bond donors (Lipinski definition) is 0. The van der Waals surface area contributed by atoms with Crippen LogP contribution in [0.4, 0.5) is 0 Å². The summed E-state index contributed by atoms with van der Waals surface area (Å²) in [5.41, 5.74) is 16.9. The predicted molar refractivity (Wildman–Crippen MR) is 185 cm³/mol. The number of aromatic nitrogens is 2. The van der Waals surface area contributed by atoms with Gasteiger partial charge in [-0.15, -0.1) is 0 Å². The average molecular weight is 575 g/mol. The first-order valence-electron chi connectivity index (χ1n) is 16.7. The third kappa shape index (κ3) is 2.46. The number of hydrogen-bond acceptors (Lipinski definition) is 0. The Hall–Kier alpha value is -5.08. The molecule has 4 heterocycles. The highest BCUT2D eigenvalue weighted by atomic mass is 15.1. The largest absolute Gasteiger partial charge is 0.309 e. The highest BCUT2D eigenvalue weighted by Gasteiger charge is 2.59. The van der Waals surface area contributed by atoms with Crippen LogP contribution in [0.3, 0.4) is 0 Å². The molecule has 0 radical (unpaired) electrons. The van der Waals surface area contributed by atoms with E-state index in [9.17, 15) is 0 Å². The van der Waals surface area contributed by atoms with Crippen molar-refractivity contribution in [1.29, 1.82) is 0 Å². The van der Waals surface area contributed by atoms with Crippen LogP contribution in [-0.4, -0.2) is 9.13 Å². The molecule has 0 amide bonds. The lowest BCUT2D eigenvalue weighted by molar-refractivity contribution is 0.260. The van der Waals surface area contributed by atoms with Crippen LogP contribution in [0.15, 0.2) is 121 Å². The summed E-state index contributed by atoms with van der Waals surface area (Å²) < 4.78 is 5.32. The zero-order valence-corrected chi connectivity index (χ0v) is 24.9. The molecule has 3 unspecified atom stereocenters. The van der Waals surface area contributed by atoms with E-state index < -0.39 is 0 Å². The summed E-state index contributed by atoms with van der Waals surface area (Å²) in [6, 6.07) is 46.5. The maximum Gasteiger partial charge on any atom is 0.0607 e. The quantitative estimate of drug-likeness (QED) is 0.185. The first kappa shape index (κ1) is 23.3. The first-order chi connectivity index (χ1) is 22.4. The lowest BCUT2D eigenvalue weighted by Crippen LogP contribution is -2.49. The lowest BCUT2D eigenvalue weighted by Gasteiger charge is -2.54. The van der Waals surface area contributed by atoms with Crippen LogP contribution in [0, 0.1) is 11.8 Å². The molecule has 0 N–H and O–H groups in total.